The fraction of sp³-hybridized carbons (Fsp3) is 0.562. The van der Waals surface area contributed by atoms with Crippen LogP contribution in [0.15, 0.2) is 18.2 Å². The Morgan fingerprint density at radius 2 is 2.05 bits per heavy atom. The van der Waals surface area contributed by atoms with Gasteiger partial charge in [0.05, 0.1) is 16.1 Å². The van der Waals surface area contributed by atoms with Crippen molar-refractivity contribution in [2.75, 3.05) is 6.54 Å². The van der Waals surface area contributed by atoms with Gasteiger partial charge in [-0.05, 0) is 45.2 Å². The molecule has 4 nitrogen and oxygen atoms in total. The van der Waals surface area contributed by atoms with Crippen LogP contribution in [0.4, 0.5) is 4.79 Å². The summed E-state index contributed by atoms with van der Waals surface area (Å²) in [6.45, 7) is 6.09. The van der Waals surface area contributed by atoms with Crippen molar-refractivity contribution < 1.29 is 9.53 Å². The standard InChI is InChI=1S/C16H22Cl2N2O2/c1-16(2,3)22-15(21)20-8-7-10(19)9-13(20)11-5-4-6-12(17)14(11)18/h4-6,10,13H,7-9,19H2,1-3H3. The second kappa shape index (κ2) is 6.65. The number of ether oxygens (including phenoxy) is 1. The van der Waals surface area contributed by atoms with Crippen molar-refractivity contribution >= 4 is 29.3 Å². The van der Waals surface area contributed by atoms with E-state index in [2.05, 4.69) is 0 Å². The number of carbonyl (C=O) groups is 1. The van der Waals surface area contributed by atoms with Crippen molar-refractivity contribution in [2.24, 2.45) is 5.73 Å². The lowest BCUT2D eigenvalue weighted by Crippen LogP contribution is -2.47. The number of piperidine rings is 1. The SMILES string of the molecule is CC(C)(C)OC(=O)N1CCC(N)CC1c1cccc(Cl)c1Cl. The van der Waals surface area contributed by atoms with Crippen LogP contribution in [0.3, 0.4) is 0 Å². The highest BCUT2D eigenvalue weighted by Gasteiger charge is 2.35. The fourth-order valence-corrected chi connectivity index (χ4v) is 3.04. The molecule has 22 heavy (non-hydrogen) atoms. The number of likely N-dealkylation sites (tertiary alicyclic amines) is 1. The summed E-state index contributed by atoms with van der Waals surface area (Å²) in [5, 5.41) is 0.944. The third-order valence-corrected chi connectivity index (χ3v) is 4.45. The highest BCUT2D eigenvalue weighted by Crippen LogP contribution is 2.38. The molecule has 1 heterocycles. The van der Waals surface area contributed by atoms with E-state index < -0.39 is 5.60 Å². The van der Waals surface area contributed by atoms with E-state index in [1.54, 1.807) is 11.0 Å². The van der Waals surface area contributed by atoms with E-state index in [9.17, 15) is 4.79 Å². The van der Waals surface area contributed by atoms with Crippen LogP contribution >= 0.6 is 23.2 Å². The van der Waals surface area contributed by atoms with Crippen molar-refractivity contribution in [1.29, 1.82) is 0 Å². The molecule has 2 N–H and O–H groups in total. The quantitative estimate of drug-likeness (QED) is 0.821. The zero-order valence-corrected chi connectivity index (χ0v) is 14.6. The van der Waals surface area contributed by atoms with E-state index in [-0.39, 0.29) is 18.2 Å². The molecule has 2 atom stereocenters. The Hall–Kier alpha value is -0.970. The van der Waals surface area contributed by atoms with Crippen LogP contribution in [-0.4, -0.2) is 29.2 Å². The molecule has 1 aliphatic rings. The highest BCUT2D eigenvalue weighted by molar-refractivity contribution is 6.42. The molecule has 0 bridgehead atoms. The lowest BCUT2D eigenvalue weighted by atomic mass is 9.92. The monoisotopic (exact) mass is 344 g/mol. The predicted molar refractivity (Wildman–Crippen MR) is 89.4 cm³/mol. The van der Waals surface area contributed by atoms with Gasteiger partial charge >= 0.3 is 6.09 Å². The smallest absolute Gasteiger partial charge is 0.410 e. The van der Waals surface area contributed by atoms with Crippen molar-refractivity contribution in [3.05, 3.63) is 33.8 Å². The van der Waals surface area contributed by atoms with Gasteiger partial charge in [-0.25, -0.2) is 4.79 Å². The van der Waals surface area contributed by atoms with Crippen LogP contribution in [0, 0.1) is 0 Å². The third kappa shape index (κ3) is 4.06. The second-order valence-electron chi connectivity index (χ2n) is 6.62. The second-order valence-corrected chi connectivity index (χ2v) is 7.40. The molecule has 0 radical (unpaired) electrons. The van der Waals surface area contributed by atoms with Crippen molar-refractivity contribution in [1.82, 2.24) is 4.90 Å². The third-order valence-electron chi connectivity index (χ3n) is 3.61. The molecule has 1 aromatic rings. The Labute approximate surface area is 141 Å². The van der Waals surface area contributed by atoms with Gasteiger partial charge in [0.15, 0.2) is 0 Å². The number of nitrogens with two attached hydrogens (primary N) is 1. The summed E-state index contributed by atoms with van der Waals surface area (Å²) in [7, 11) is 0. The van der Waals surface area contributed by atoms with Crippen LogP contribution in [0.25, 0.3) is 0 Å². The molecular formula is C16H22Cl2N2O2. The van der Waals surface area contributed by atoms with Gasteiger partial charge in [-0.1, -0.05) is 35.3 Å². The van der Waals surface area contributed by atoms with E-state index >= 15 is 0 Å². The minimum Gasteiger partial charge on any atom is -0.444 e. The number of nitrogens with zero attached hydrogens (tertiary/aromatic N) is 1. The molecule has 2 rings (SSSR count). The summed E-state index contributed by atoms with van der Waals surface area (Å²) in [4.78, 5) is 14.2. The van der Waals surface area contributed by atoms with Gasteiger partial charge < -0.3 is 15.4 Å². The van der Waals surface area contributed by atoms with E-state index in [0.717, 1.165) is 12.0 Å². The Morgan fingerprint density at radius 3 is 2.68 bits per heavy atom. The van der Waals surface area contributed by atoms with Crippen LogP contribution < -0.4 is 5.73 Å². The summed E-state index contributed by atoms with van der Waals surface area (Å²) in [5.74, 6) is 0. The largest absolute Gasteiger partial charge is 0.444 e. The molecule has 2 unspecified atom stereocenters. The van der Waals surface area contributed by atoms with Crippen LogP contribution in [-0.2, 0) is 4.74 Å². The maximum absolute atomic E-state index is 12.5. The molecular weight excluding hydrogens is 323 g/mol. The first-order valence-electron chi connectivity index (χ1n) is 7.38. The molecule has 1 saturated heterocycles. The number of halogens is 2. The lowest BCUT2D eigenvalue weighted by Gasteiger charge is -2.39. The number of hydrogen-bond acceptors (Lipinski definition) is 3. The minimum absolute atomic E-state index is 0.0266. The van der Waals surface area contributed by atoms with Gasteiger partial charge in [-0.2, -0.15) is 0 Å². The summed E-state index contributed by atoms with van der Waals surface area (Å²) >= 11 is 12.4. The van der Waals surface area contributed by atoms with E-state index in [0.29, 0.717) is 23.0 Å². The normalized spacial score (nSPS) is 22.5. The van der Waals surface area contributed by atoms with Crippen molar-refractivity contribution in [3.8, 4) is 0 Å². The number of hydrogen-bond donors (Lipinski definition) is 1. The molecule has 0 saturated carbocycles. The van der Waals surface area contributed by atoms with E-state index in [4.69, 9.17) is 33.7 Å². The van der Waals surface area contributed by atoms with E-state index in [1.165, 1.54) is 0 Å². The van der Waals surface area contributed by atoms with Crippen molar-refractivity contribution in [2.45, 2.75) is 51.3 Å². The average Bonchev–Trinajstić information content (AvgIpc) is 2.39. The predicted octanol–water partition coefficient (Wildman–Crippen LogP) is 4.39. The summed E-state index contributed by atoms with van der Waals surface area (Å²) in [6, 6.07) is 5.25. The number of carbonyl (C=O) groups excluding carboxylic acids is 1. The average molecular weight is 345 g/mol. The highest BCUT2D eigenvalue weighted by atomic mass is 35.5. The van der Waals surface area contributed by atoms with Gasteiger partial charge in [0.1, 0.15) is 5.60 Å². The van der Waals surface area contributed by atoms with Gasteiger partial charge in [0.2, 0.25) is 0 Å². The first-order chi connectivity index (χ1) is 10.2. The van der Waals surface area contributed by atoms with Crippen LogP contribution in [0.2, 0.25) is 10.0 Å². The van der Waals surface area contributed by atoms with Crippen molar-refractivity contribution in [3.63, 3.8) is 0 Å². The number of rotatable bonds is 1. The van der Waals surface area contributed by atoms with E-state index in [1.807, 2.05) is 32.9 Å². The fourth-order valence-electron chi connectivity index (χ4n) is 2.60. The molecule has 1 fully saturated rings. The minimum atomic E-state index is -0.542. The maximum Gasteiger partial charge on any atom is 0.410 e. The van der Waals surface area contributed by atoms with Gasteiger partial charge in [0.25, 0.3) is 0 Å². The molecule has 6 heteroatoms. The first kappa shape index (κ1) is 17.4. The topological polar surface area (TPSA) is 55.6 Å². The Morgan fingerprint density at radius 1 is 1.36 bits per heavy atom. The Kier molecular flexibility index (Phi) is 5.25. The summed E-state index contributed by atoms with van der Waals surface area (Å²) < 4.78 is 5.50. The molecule has 1 amide bonds. The molecule has 0 aromatic heterocycles. The zero-order chi connectivity index (χ0) is 16.5. The van der Waals surface area contributed by atoms with Crippen LogP contribution in [0.1, 0.15) is 45.2 Å². The van der Waals surface area contributed by atoms with Gasteiger partial charge in [-0.15, -0.1) is 0 Å². The molecule has 1 aromatic carbocycles. The molecule has 1 aliphatic heterocycles. The molecule has 0 aliphatic carbocycles. The summed E-state index contributed by atoms with van der Waals surface area (Å²) in [5.41, 5.74) is 6.36. The first-order valence-corrected chi connectivity index (χ1v) is 8.14. The Bertz CT molecular complexity index is 558. The molecule has 122 valence electrons. The number of amides is 1. The van der Waals surface area contributed by atoms with Crippen LogP contribution in [0.5, 0.6) is 0 Å². The van der Waals surface area contributed by atoms with Gasteiger partial charge in [0, 0.05) is 12.6 Å². The Balaban J connectivity index is 2.31. The maximum atomic E-state index is 12.5. The molecule has 0 spiro atoms. The zero-order valence-electron chi connectivity index (χ0n) is 13.1. The summed E-state index contributed by atoms with van der Waals surface area (Å²) in [6.07, 6.45) is 1.04. The lowest BCUT2D eigenvalue weighted by molar-refractivity contribution is 0.00799. The van der Waals surface area contributed by atoms with Gasteiger partial charge in [-0.3, -0.25) is 0 Å². The number of benzene rings is 1.